The molecule has 0 heterocycles. The SMILES string of the molecule is CCOc1cc(CNCCN(CC)CC)cc(Cl)c1OCc1ccc(Cl)cc1.Cl.Cl. The van der Waals surface area contributed by atoms with Crippen molar-refractivity contribution in [2.45, 2.75) is 33.9 Å². The lowest BCUT2D eigenvalue weighted by Gasteiger charge is -2.18. The monoisotopic (exact) mass is 496 g/mol. The Bertz CT molecular complexity index is 726. The molecule has 0 aliphatic rings. The van der Waals surface area contributed by atoms with Gasteiger partial charge in [0.05, 0.1) is 11.6 Å². The Kier molecular flexibility index (Phi) is 15.4. The molecule has 0 aliphatic heterocycles. The quantitative estimate of drug-likeness (QED) is 0.351. The molecular formula is C22H32Cl4N2O2. The molecule has 2 rings (SSSR count). The molecule has 8 heteroatoms. The van der Waals surface area contributed by atoms with Crippen LogP contribution in [0.3, 0.4) is 0 Å². The number of likely N-dealkylation sites (N-methyl/N-ethyl adjacent to an activating group) is 1. The van der Waals surface area contributed by atoms with Crippen LogP contribution in [0.1, 0.15) is 31.9 Å². The van der Waals surface area contributed by atoms with Crippen LogP contribution < -0.4 is 14.8 Å². The summed E-state index contributed by atoms with van der Waals surface area (Å²) in [6.45, 7) is 12.1. The minimum absolute atomic E-state index is 0. The summed E-state index contributed by atoms with van der Waals surface area (Å²) in [4.78, 5) is 2.39. The summed E-state index contributed by atoms with van der Waals surface area (Å²) in [5, 5.41) is 4.73. The van der Waals surface area contributed by atoms with Gasteiger partial charge in [0.15, 0.2) is 11.5 Å². The fraction of sp³-hybridized carbons (Fsp3) is 0.455. The molecular weight excluding hydrogens is 466 g/mol. The minimum atomic E-state index is 0. The third-order valence-electron chi connectivity index (χ3n) is 4.49. The van der Waals surface area contributed by atoms with Crippen LogP contribution in [0.5, 0.6) is 11.5 Å². The molecule has 1 N–H and O–H groups in total. The lowest BCUT2D eigenvalue weighted by molar-refractivity contribution is 0.269. The first-order valence-corrected chi connectivity index (χ1v) is 10.6. The van der Waals surface area contributed by atoms with Gasteiger partial charge in [-0.1, -0.05) is 49.2 Å². The average Bonchev–Trinajstić information content (AvgIpc) is 2.69. The predicted octanol–water partition coefficient (Wildman–Crippen LogP) is 6.25. The largest absolute Gasteiger partial charge is 0.490 e. The van der Waals surface area contributed by atoms with Crippen LogP contribution in [-0.2, 0) is 13.2 Å². The van der Waals surface area contributed by atoms with Crippen LogP contribution >= 0.6 is 48.0 Å². The zero-order chi connectivity index (χ0) is 20.4. The first kappa shape index (κ1) is 29.1. The number of hydrogen-bond donors (Lipinski definition) is 1. The van der Waals surface area contributed by atoms with Crippen molar-refractivity contribution in [1.82, 2.24) is 10.2 Å². The maximum atomic E-state index is 6.51. The van der Waals surface area contributed by atoms with Crippen molar-refractivity contribution in [1.29, 1.82) is 0 Å². The lowest BCUT2D eigenvalue weighted by atomic mass is 10.2. The standard InChI is InChI=1S/C22H30Cl2N2O2.2ClH/c1-4-26(5-2)12-11-25-15-18-13-20(24)22(21(14-18)27-6-3)28-16-17-7-9-19(23)10-8-17;;/h7-10,13-14,25H,4-6,11-12,15-16H2,1-3H3;2*1H. The number of ether oxygens (including phenoxy) is 2. The summed E-state index contributed by atoms with van der Waals surface area (Å²) in [5.41, 5.74) is 2.09. The fourth-order valence-corrected chi connectivity index (χ4v) is 3.29. The van der Waals surface area contributed by atoms with E-state index in [2.05, 4.69) is 24.1 Å². The summed E-state index contributed by atoms with van der Waals surface area (Å²) in [6, 6.07) is 11.5. The van der Waals surface area contributed by atoms with E-state index in [1.165, 1.54) is 0 Å². The maximum Gasteiger partial charge on any atom is 0.180 e. The lowest BCUT2D eigenvalue weighted by Crippen LogP contribution is -2.31. The van der Waals surface area contributed by atoms with Gasteiger partial charge in [-0.3, -0.25) is 0 Å². The summed E-state index contributed by atoms with van der Waals surface area (Å²) in [7, 11) is 0. The van der Waals surface area contributed by atoms with Crippen LogP contribution in [0.4, 0.5) is 0 Å². The summed E-state index contributed by atoms with van der Waals surface area (Å²) >= 11 is 12.4. The van der Waals surface area contributed by atoms with E-state index in [0.717, 1.165) is 43.9 Å². The highest BCUT2D eigenvalue weighted by Crippen LogP contribution is 2.37. The van der Waals surface area contributed by atoms with Gasteiger partial charge >= 0.3 is 0 Å². The van der Waals surface area contributed by atoms with Gasteiger partial charge in [-0.2, -0.15) is 0 Å². The molecule has 4 nitrogen and oxygen atoms in total. The third kappa shape index (κ3) is 9.51. The van der Waals surface area contributed by atoms with Crippen LogP contribution in [0.15, 0.2) is 36.4 Å². The van der Waals surface area contributed by atoms with Gasteiger partial charge in [0.25, 0.3) is 0 Å². The summed E-state index contributed by atoms with van der Waals surface area (Å²) in [5.74, 6) is 1.25. The Labute approximate surface area is 203 Å². The van der Waals surface area contributed by atoms with Crippen LogP contribution in [-0.4, -0.2) is 37.7 Å². The second kappa shape index (κ2) is 15.9. The third-order valence-corrected chi connectivity index (χ3v) is 5.03. The van der Waals surface area contributed by atoms with Crippen molar-refractivity contribution in [2.75, 3.05) is 32.8 Å². The van der Waals surface area contributed by atoms with E-state index in [1.807, 2.05) is 43.3 Å². The van der Waals surface area contributed by atoms with Crippen molar-refractivity contribution >= 4 is 48.0 Å². The predicted molar refractivity (Wildman–Crippen MR) is 132 cm³/mol. The van der Waals surface area contributed by atoms with Crippen molar-refractivity contribution in [3.8, 4) is 11.5 Å². The molecule has 0 spiro atoms. The molecule has 0 saturated carbocycles. The molecule has 0 aromatic heterocycles. The number of nitrogens with one attached hydrogen (secondary N) is 1. The van der Waals surface area contributed by atoms with E-state index in [-0.39, 0.29) is 24.8 Å². The first-order chi connectivity index (χ1) is 13.6. The van der Waals surface area contributed by atoms with E-state index >= 15 is 0 Å². The number of hydrogen-bond acceptors (Lipinski definition) is 4. The molecule has 0 aliphatic carbocycles. The molecule has 0 radical (unpaired) electrons. The smallest absolute Gasteiger partial charge is 0.180 e. The summed E-state index contributed by atoms with van der Waals surface area (Å²) in [6.07, 6.45) is 0. The van der Waals surface area contributed by atoms with Crippen molar-refractivity contribution in [2.24, 2.45) is 0 Å². The molecule has 30 heavy (non-hydrogen) atoms. The molecule has 0 unspecified atom stereocenters. The highest BCUT2D eigenvalue weighted by molar-refractivity contribution is 6.32. The van der Waals surface area contributed by atoms with Crippen LogP contribution in [0, 0.1) is 0 Å². The fourth-order valence-electron chi connectivity index (χ4n) is 2.87. The van der Waals surface area contributed by atoms with E-state index < -0.39 is 0 Å². The second-order valence-corrected chi connectivity index (χ2v) is 7.30. The molecule has 2 aromatic rings. The van der Waals surface area contributed by atoms with Crippen molar-refractivity contribution in [3.05, 3.63) is 57.6 Å². The van der Waals surface area contributed by atoms with Gasteiger partial charge in [0.2, 0.25) is 0 Å². The second-order valence-electron chi connectivity index (χ2n) is 6.46. The minimum Gasteiger partial charge on any atom is -0.490 e. The number of rotatable bonds is 12. The van der Waals surface area contributed by atoms with Gasteiger partial charge in [-0.05, 0) is 55.4 Å². The topological polar surface area (TPSA) is 33.7 Å². The van der Waals surface area contributed by atoms with Crippen LogP contribution in [0.2, 0.25) is 10.0 Å². The molecule has 2 aromatic carbocycles. The Balaban J connectivity index is 0.00000420. The first-order valence-electron chi connectivity index (χ1n) is 9.82. The van der Waals surface area contributed by atoms with E-state index in [4.69, 9.17) is 32.7 Å². The highest BCUT2D eigenvalue weighted by Gasteiger charge is 2.13. The van der Waals surface area contributed by atoms with E-state index in [9.17, 15) is 0 Å². The molecule has 0 saturated heterocycles. The highest BCUT2D eigenvalue weighted by atomic mass is 35.5. The van der Waals surface area contributed by atoms with Gasteiger partial charge < -0.3 is 19.7 Å². The molecule has 0 atom stereocenters. The molecule has 0 amide bonds. The number of halogens is 4. The van der Waals surface area contributed by atoms with Gasteiger partial charge in [0.1, 0.15) is 6.61 Å². The number of benzene rings is 2. The number of nitrogens with zero attached hydrogens (tertiary/aromatic N) is 1. The Morgan fingerprint density at radius 2 is 1.57 bits per heavy atom. The van der Waals surface area contributed by atoms with Gasteiger partial charge in [-0.15, -0.1) is 24.8 Å². The Morgan fingerprint density at radius 3 is 2.17 bits per heavy atom. The molecule has 0 fully saturated rings. The zero-order valence-electron chi connectivity index (χ0n) is 17.7. The van der Waals surface area contributed by atoms with E-state index in [0.29, 0.717) is 34.8 Å². The average molecular weight is 498 g/mol. The van der Waals surface area contributed by atoms with Crippen molar-refractivity contribution < 1.29 is 9.47 Å². The Hall–Kier alpha value is -0.880. The van der Waals surface area contributed by atoms with E-state index in [1.54, 1.807) is 0 Å². The van der Waals surface area contributed by atoms with Gasteiger partial charge in [-0.25, -0.2) is 0 Å². The zero-order valence-corrected chi connectivity index (χ0v) is 20.9. The Morgan fingerprint density at radius 1 is 0.900 bits per heavy atom. The molecule has 0 bridgehead atoms. The molecule has 170 valence electrons. The van der Waals surface area contributed by atoms with Crippen LogP contribution in [0.25, 0.3) is 0 Å². The normalized spacial score (nSPS) is 10.3. The van der Waals surface area contributed by atoms with Gasteiger partial charge in [0, 0.05) is 24.7 Å². The van der Waals surface area contributed by atoms with Crippen molar-refractivity contribution in [3.63, 3.8) is 0 Å². The maximum absolute atomic E-state index is 6.51. The summed E-state index contributed by atoms with van der Waals surface area (Å²) < 4.78 is 11.7.